The minimum absolute atomic E-state index is 0.729. The topological polar surface area (TPSA) is 22.1 Å². The smallest absolute Gasteiger partial charge is 0.122 e. The zero-order valence-electron chi connectivity index (χ0n) is 6.88. The molecule has 0 N–H and O–H groups in total. The van der Waals surface area contributed by atoms with E-state index >= 15 is 0 Å². The van der Waals surface area contributed by atoms with Crippen molar-refractivity contribution in [3.05, 3.63) is 30.6 Å². The van der Waals surface area contributed by atoms with E-state index in [-0.39, 0.29) is 0 Å². The van der Waals surface area contributed by atoms with E-state index in [1.54, 1.807) is 13.3 Å². The predicted molar refractivity (Wildman–Crippen MR) is 53.6 cm³/mol. The fraction of sp³-hybridized carbons (Fsp3) is 0.222. The lowest BCUT2D eigenvalue weighted by molar-refractivity contribution is 0.414. The number of hydrogen-bond donors (Lipinski definition) is 0. The van der Waals surface area contributed by atoms with Crippen LogP contribution in [0.4, 0.5) is 0 Å². The monoisotopic (exact) mass is 227 g/mol. The van der Waals surface area contributed by atoms with Crippen molar-refractivity contribution >= 4 is 21.5 Å². The van der Waals surface area contributed by atoms with Gasteiger partial charge in [0.15, 0.2) is 0 Å². The van der Waals surface area contributed by atoms with Crippen molar-refractivity contribution in [1.29, 1.82) is 0 Å². The summed E-state index contributed by atoms with van der Waals surface area (Å²) in [6.07, 6.45) is 1.71. The van der Waals surface area contributed by atoms with Gasteiger partial charge in [-0.05, 0) is 11.6 Å². The lowest BCUT2D eigenvalue weighted by Crippen LogP contribution is -1.90. The summed E-state index contributed by atoms with van der Waals surface area (Å²) in [5.41, 5.74) is 1.82. The number of aromatic nitrogens is 1. The average molecular weight is 228 g/mol. The normalized spacial score (nSPS) is 9.50. The highest BCUT2D eigenvalue weighted by molar-refractivity contribution is 9.09. The molecule has 0 fully saturated rings. The van der Waals surface area contributed by atoms with Crippen LogP contribution in [-0.2, 0) is 0 Å². The Morgan fingerprint density at radius 1 is 1.75 bits per heavy atom. The molecule has 2 nitrogen and oxygen atoms in total. The van der Waals surface area contributed by atoms with E-state index < -0.39 is 0 Å². The third-order valence-corrected chi connectivity index (χ3v) is 2.17. The van der Waals surface area contributed by atoms with Crippen LogP contribution >= 0.6 is 15.9 Å². The zero-order chi connectivity index (χ0) is 8.97. The van der Waals surface area contributed by atoms with E-state index in [4.69, 9.17) is 4.74 Å². The molecule has 0 radical (unpaired) electrons. The van der Waals surface area contributed by atoms with Gasteiger partial charge in [-0.2, -0.15) is 0 Å². The van der Waals surface area contributed by atoms with Crippen molar-refractivity contribution in [2.75, 3.05) is 12.4 Å². The number of hydrogen-bond acceptors (Lipinski definition) is 2. The van der Waals surface area contributed by atoms with Crippen LogP contribution in [0.25, 0.3) is 5.57 Å². The van der Waals surface area contributed by atoms with Crippen LogP contribution < -0.4 is 4.74 Å². The molecule has 0 aromatic carbocycles. The fourth-order valence-electron chi connectivity index (χ4n) is 0.800. The van der Waals surface area contributed by atoms with Gasteiger partial charge in [0, 0.05) is 17.6 Å². The van der Waals surface area contributed by atoms with Gasteiger partial charge in [0.05, 0.1) is 12.8 Å². The number of ether oxygens (including phenoxy) is 1. The van der Waals surface area contributed by atoms with Crippen molar-refractivity contribution in [3.63, 3.8) is 0 Å². The van der Waals surface area contributed by atoms with Crippen LogP contribution in [0, 0.1) is 0 Å². The van der Waals surface area contributed by atoms with Crippen molar-refractivity contribution in [2.24, 2.45) is 0 Å². The van der Waals surface area contributed by atoms with Gasteiger partial charge < -0.3 is 4.74 Å². The molecule has 0 saturated heterocycles. The molecule has 0 amide bonds. The lowest BCUT2D eigenvalue weighted by atomic mass is 10.2. The first-order chi connectivity index (χ1) is 5.77. The maximum atomic E-state index is 5.05. The summed E-state index contributed by atoms with van der Waals surface area (Å²) in [5, 5.41) is 0.729. The van der Waals surface area contributed by atoms with Crippen molar-refractivity contribution < 1.29 is 4.74 Å². The van der Waals surface area contributed by atoms with Gasteiger partial charge in [-0.25, -0.2) is 0 Å². The number of pyridine rings is 1. The Hall–Kier alpha value is -0.830. The van der Waals surface area contributed by atoms with Gasteiger partial charge in [0.25, 0.3) is 0 Å². The Morgan fingerprint density at radius 3 is 3.08 bits per heavy atom. The summed E-state index contributed by atoms with van der Waals surface area (Å²) < 4.78 is 5.05. The second-order valence-electron chi connectivity index (χ2n) is 2.32. The molecule has 1 rings (SSSR count). The highest BCUT2D eigenvalue weighted by Gasteiger charge is 1.99. The van der Waals surface area contributed by atoms with E-state index in [9.17, 15) is 0 Å². The Balaban J connectivity index is 2.93. The number of nitrogens with zero attached hydrogens (tertiary/aromatic N) is 1. The molecule has 0 aliphatic heterocycles. The molecule has 0 bridgehead atoms. The third kappa shape index (κ3) is 2.08. The molecular weight excluding hydrogens is 218 g/mol. The molecule has 12 heavy (non-hydrogen) atoms. The highest BCUT2D eigenvalue weighted by Crippen LogP contribution is 2.17. The average Bonchev–Trinajstić information content (AvgIpc) is 2.17. The summed E-state index contributed by atoms with van der Waals surface area (Å²) in [6, 6.07) is 3.68. The highest BCUT2D eigenvalue weighted by atomic mass is 79.9. The standard InChI is InChI=1S/C9H10BrNO/c1-7(6-10)9-5-8(12-2)3-4-11-9/h3-5H,1,6H2,2H3. The molecule has 0 aliphatic rings. The van der Waals surface area contributed by atoms with E-state index in [0.29, 0.717) is 0 Å². The number of methoxy groups -OCH3 is 1. The minimum atomic E-state index is 0.729. The first kappa shape index (κ1) is 9.26. The van der Waals surface area contributed by atoms with Gasteiger partial charge in [0.1, 0.15) is 5.75 Å². The van der Waals surface area contributed by atoms with Gasteiger partial charge >= 0.3 is 0 Å². The molecule has 3 heteroatoms. The van der Waals surface area contributed by atoms with Crippen LogP contribution in [0.1, 0.15) is 5.69 Å². The number of halogens is 1. The summed E-state index contributed by atoms with van der Waals surface area (Å²) in [4.78, 5) is 4.15. The molecule has 0 aliphatic carbocycles. The molecule has 0 unspecified atom stereocenters. The van der Waals surface area contributed by atoms with Gasteiger partial charge in [-0.1, -0.05) is 22.5 Å². The fourth-order valence-corrected chi connectivity index (χ4v) is 1.09. The van der Waals surface area contributed by atoms with Crippen molar-refractivity contribution in [1.82, 2.24) is 4.98 Å². The maximum Gasteiger partial charge on any atom is 0.122 e. The molecule has 0 atom stereocenters. The van der Waals surface area contributed by atoms with Crippen LogP contribution in [-0.4, -0.2) is 17.4 Å². The Labute approximate surface area is 80.4 Å². The zero-order valence-corrected chi connectivity index (χ0v) is 8.47. The Bertz CT molecular complexity index is 286. The predicted octanol–water partition coefficient (Wildman–Crippen LogP) is 2.50. The molecule has 64 valence electrons. The first-order valence-electron chi connectivity index (χ1n) is 3.52. The summed E-state index contributed by atoms with van der Waals surface area (Å²) in [6.45, 7) is 3.85. The number of rotatable bonds is 3. The molecule has 0 spiro atoms. The van der Waals surface area contributed by atoms with Crippen LogP contribution in [0.5, 0.6) is 5.75 Å². The van der Waals surface area contributed by atoms with Crippen LogP contribution in [0.3, 0.4) is 0 Å². The van der Waals surface area contributed by atoms with Gasteiger partial charge in [-0.15, -0.1) is 0 Å². The number of allylic oxidation sites excluding steroid dienone is 1. The van der Waals surface area contributed by atoms with E-state index in [1.807, 2.05) is 12.1 Å². The van der Waals surface area contributed by atoms with E-state index in [0.717, 1.165) is 22.3 Å². The Morgan fingerprint density at radius 2 is 2.50 bits per heavy atom. The quantitative estimate of drug-likeness (QED) is 0.741. The first-order valence-corrected chi connectivity index (χ1v) is 4.64. The van der Waals surface area contributed by atoms with Gasteiger partial charge in [0.2, 0.25) is 0 Å². The summed E-state index contributed by atoms with van der Waals surface area (Å²) >= 11 is 3.32. The van der Waals surface area contributed by atoms with Gasteiger partial charge in [-0.3, -0.25) is 4.98 Å². The molecule has 0 saturated carbocycles. The lowest BCUT2D eigenvalue weighted by Gasteiger charge is -2.03. The molecule has 1 heterocycles. The van der Waals surface area contributed by atoms with E-state index in [2.05, 4.69) is 27.5 Å². The van der Waals surface area contributed by atoms with Crippen LogP contribution in [0.2, 0.25) is 0 Å². The molecular formula is C9H10BrNO. The minimum Gasteiger partial charge on any atom is -0.497 e. The molecule has 1 aromatic rings. The van der Waals surface area contributed by atoms with Crippen molar-refractivity contribution in [3.8, 4) is 5.75 Å². The Kier molecular flexibility index (Phi) is 3.29. The summed E-state index contributed by atoms with van der Waals surface area (Å²) in [5.74, 6) is 0.808. The van der Waals surface area contributed by atoms with Crippen LogP contribution in [0.15, 0.2) is 24.9 Å². The third-order valence-electron chi connectivity index (χ3n) is 1.49. The largest absolute Gasteiger partial charge is 0.497 e. The number of alkyl halides is 1. The summed E-state index contributed by atoms with van der Waals surface area (Å²) in [7, 11) is 1.63. The second-order valence-corrected chi connectivity index (χ2v) is 2.88. The SMILES string of the molecule is C=C(CBr)c1cc(OC)ccn1. The maximum absolute atomic E-state index is 5.05. The van der Waals surface area contributed by atoms with E-state index in [1.165, 1.54) is 0 Å². The van der Waals surface area contributed by atoms with Crippen molar-refractivity contribution in [2.45, 2.75) is 0 Å². The second kappa shape index (κ2) is 4.26. The molecule has 1 aromatic heterocycles.